The van der Waals surface area contributed by atoms with E-state index in [-0.39, 0.29) is 17.2 Å². The van der Waals surface area contributed by atoms with Crippen molar-refractivity contribution in [2.45, 2.75) is 5.16 Å². The molecule has 29 heavy (non-hydrogen) atoms. The summed E-state index contributed by atoms with van der Waals surface area (Å²) in [5, 5.41) is 27.4. The SMILES string of the molecule is O=C(CSc1nnnn1-c1ccccc1)Nc1cccc2cccc(C(=O)[O-])c12. The van der Waals surface area contributed by atoms with E-state index in [0.29, 0.717) is 21.6 Å². The lowest BCUT2D eigenvalue weighted by atomic mass is 10.0. The first-order chi connectivity index (χ1) is 14.1. The molecule has 0 radical (unpaired) electrons. The summed E-state index contributed by atoms with van der Waals surface area (Å²) in [6.07, 6.45) is 0. The third-order valence-corrected chi connectivity index (χ3v) is 5.09. The number of nitrogens with zero attached hydrogens (tertiary/aromatic N) is 4. The summed E-state index contributed by atoms with van der Waals surface area (Å²) in [5.41, 5.74) is 1.22. The highest BCUT2D eigenvalue weighted by atomic mass is 32.2. The number of para-hydroxylation sites is 1. The van der Waals surface area contributed by atoms with Gasteiger partial charge in [0.25, 0.3) is 0 Å². The summed E-state index contributed by atoms with van der Waals surface area (Å²) in [7, 11) is 0. The molecule has 9 heteroatoms. The monoisotopic (exact) mass is 404 g/mol. The lowest BCUT2D eigenvalue weighted by molar-refractivity contribution is -0.254. The number of carbonyl (C=O) groups is 2. The molecule has 4 rings (SSSR count). The number of rotatable bonds is 6. The molecule has 3 aromatic carbocycles. The number of hydrogen-bond acceptors (Lipinski definition) is 7. The Balaban J connectivity index is 1.52. The van der Waals surface area contributed by atoms with Gasteiger partial charge in [-0.15, -0.1) is 5.10 Å². The Bertz CT molecular complexity index is 1190. The predicted octanol–water partition coefficient (Wildman–Crippen LogP) is 1.91. The molecule has 144 valence electrons. The van der Waals surface area contributed by atoms with E-state index in [1.54, 1.807) is 35.0 Å². The van der Waals surface area contributed by atoms with Crippen LogP contribution in [-0.4, -0.2) is 37.8 Å². The summed E-state index contributed by atoms with van der Waals surface area (Å²) in [6.45, 7) is 0. The minimum atomic E-state index is -1.30. The van der Waals surface area contributed by atoms with Gasteiger partial charge in [-0.1, -0.05) is 60.3 Å². The Labute approximate surface area is 169 Å². The summed E-state index contributed by atoms with van der Waals surface area (Å²) < 4.78 is 1.55. The number of carboxylic acids is 1. The van der Waals surface area contributed by atoms with Crippen LogP contribution in [-0.2, 0) is 4.79 Å². The number of hydrogen-bond donors (Lipinski definition) is 1. The topological polar surface area (TPSA) is 113 Å². The molecule has 8 nitrogen and oxygen atoms in total. The molecular weight excluding hydrogens is 390 g/mol. The van der Waals surface area contributed by atoms with Gasteiger partial charge in [0.15, 0.2) is 0 Å². The Kier molecular flexibility index (Phi) is 5.21. The third kappa shape index (κ3) is 3.94. The zero-order valence-electron chi connectivity index (χ0n) is 15.0. The number of aromatic nitrogens is 4. The van der Waals surface area contributed by atoms with Crippen LogP contribution in [0.25, 0.3) is 16.5 Å². The van der Waals surface area contributed by atoms with Crippen LogP contribution in [0.3, 0.4) is 0 Å². The highest BCUT2D eigenvalue weighted by Gasteiger charge is 2.13. The molecule has 0 atom stereocenters. The first-order valence-electron chi connectivity index (χ1n) is 8.63. The fourth-order valence-electron chi connectivity index (χ4n) is 2.93. The normalized spacial score (nSPS) is 10.8. The lowest BCUT2D eigenvalue weighted by Crippen LogP contribution is -2.23. The van der Waals surface area contributed by atoms with Gasteiger partial charge >= 0.3 is 0 Å². The minimum absolute atomic E-state index is 0.0269. The van der Waals surface area contributed by atoms with E-state index >= 15 is 0 Å². The summed E-state index contributed by atoms with van der Waals surface area (Å²) >= 11 is 1.18. The van der Waals surface area contributed by atoms with Crippen molar-refractivity contribution in [3.05, 3.63) is 72.3 Å². The van der Waals surface area contributed by atoms with Crippen LogP contribution < -0.4 is 10.4 Å². The smallest absolute Gasteiger partial charge is 0.234 e. The van der Waals surface area contributed by atoms with Gasteiger partial charge in [0.2, 0.25) is 11.1 Å². The quantitative estimate of drug-likeness (QED) is 0.488. The molecule has 0 saturated carbocycles. The molecule has 1 N–H and O–H groups in total. The Morgan fingerprint density at radius 1 is 1.00 bits per heavy atom. The van der Waals surface area contributed by atoms with Crippen LogP contribution >= 0.6 is 11.8 Å². The number of fused-ring (bicyclic) bond motifs is 1. The maximum atomic E-state index is 12.5. The average Bonchev–Trinajstić information content (AvgIpc) is 3.21. The number of aromatic carboxylic acids is 1. The maximum absolute atomic E-state index is 12.5. The van der Waals surface area contributed by atoms with Crippen LogP contribution in [0, 0.1) is 0 Å². The number of carboxylic acid groups (broad SMARTS) is 1. The highest BCUT2D eigenvalue weighted by molar-refractivity contribution is 7.99. The zero-order chi connectivity index (χ0) is 20.2. The van der Waals surface area contributed by atoms with Crippen LogP contribution in [0.1, 0.15) is 10.4 Å². The zero-order valence-corrected chi connectivity index (χ0v) is 15.8. The van der Waals surface area contributed by atoms with Gasteiger partial charge in [0, 0.05) is 16.6 Å². The lowest BCUT2D eigenvalue weighted by Gasteiger charge is -2.13. The van der Waals surface area contributed by atoms with E-state index in [1.807, 2.05) is 30.3 Å². The molecule has 0 aliphatic carbocycles. The van der Waals surface area contributed by atoms with Crippen molar-refractivity contribution >= 4 is 40.1 Å². The maximum Gasteiger partial charge on any atom is 0.234 e. The van der Waals surface area contributed by atoms with Gasteiger partial charge in [-0.05, 0) is 34.0 Å². The van der Waals surface area contributed by atoms with Crippen molar-refractivity contribution in [1.29, 1.82) is 0 Å². The van der Waals surface area contributed by atoms with Crippen molar-refractivity contribution in [2.24, 2.45) is 0 Å². The molecule has 0 saturated heterocycles. The van der Waals surface area contributed by atoms with Gasteiger partial charge in [-0.25, -0.2) is 0 Å². The Morgan fingerprint density at radius 3 is 2.52 bits per heavy atom. The summed E-state index contributed by atoms with van der Waals surface area (Å²) in [5.74, 6) is -1.55. The van der Waals surface area contributed by atoms with Gasteiger partial charge in [-0.3, -0.25) is 4.79 Å². The first kappa shape index (κ1) is 18.6. The molecule has 0 aliphatic rings. The molecule has 1 amide bonds. The number of carbonyl (C=O) groups excluding carboxylic acids is 2. The third-order valence-electron chi connectivity index (χ3n) is 4.17. The van der Waals surface area contributed by atoms with Crippen LogP contribution in [0.5, 0.6) is 0 Å². The van der Waals surface area contributed by atoms with Gasteiger partial charge in [0.1, 0.15) is 0 Å². The highest BCUT2D eigenvalue weighted by Crippen LogP contribution is 2.27. The molecule has 0 aliphatic heterocycles. The van der Waals surface area contributed by atoms with Crippen molar-refractivity contribution in [3.8, 4) is 5.69 Å². The van der Waals surface area contributed by atoms with Crippen LogP contribution in [0.4, 0.5) is 5.69 Å². The molecule has 4 aromatic rings. The van der Waals surface area contributed by atoms with E-state index in [2.05, 4.69) is 20.8 Å². The fourth-order valence-corrected chi connectivity index (χ4v) is 3.62. The molecule has 0 spiro atoms. The second-order valence-corrected chi connectivity index (χ2v) is 6.98. The largest absolute Gasteiger partial charge is 0.545 e. The number of anilines is 1. The second kappa shape index (κ2) is 8.11. The number of benzene rings is 3. The van der Waals surface area contributed by atoms with Crippen molar-refractivity contribution in [1.82, 2.24) is 20.2 Å². The fraction of sp³-hybridized carbons (Fsp3) is 0.0500. The number of amides is 1. The van der Waals surface area contributed by atoms with E-state index < -0.39 is 5.97 Å². The predicted molar refractivity (Wildman–Crippen MR) is 107 cm³/mol. The molecule has 0 unspecified atom stereocenters. The molecule has 1 heterocycles. The van der Waals surface area contributed by atoms with E-state index in [9.17, 15) is 14.7 Å². The molecule has 1 aromatic heterocycles. The summed E-state index contributed by atoms with van der Waals surface area (Å²) in [6, 6.07) is 19.4. The Hall–Kier alpha value is -3.72. The number of tetrazole rings is 1. The molecule has 0 fully saturated rings. The van der Waals surface area contributed by atoms with Gasteiger partial charge in [-0.2, -0.15) is 4.68 Å². The van der Waals surface area contributed by atoms with Crippen molar-refractivity contribution in [3.63, 3.8) is 0 Å². The van der Waals surface area contributed by atoms with Gasteiger partial charge < -0.3 is 15.2 Å². The molecular formula is C20H14N5O3S-. The number of thioether (sulfide) groups is 1. The molecule has 0 bridgehead atoms. The average molecular weight is 404 g/mol. The van der Waals surface area contributed by atoms with Gasteiger partial charge in [0.05, 0.1) is 17.4 Å². The standard InChI is InChI=1S/C20H15N5O3S/c26-17(12-29-20-22-23-24-25(20)14-8-2-1-3-9-14)21-16-11-5-7-13-6-4-10-15(18(13)16)19(27)28/h1-11H,12H2,(H,21,26)(H,27,28)/p-1. The van der Waals surface area contributed by atoms with Crippen molar-refractivity contribution < 1.29 is 14.7 Å². The second-order valence-electron chi connectivity index (χ2n) is 6.04. The Morgan fingerprint density at radius 2 is 1.76 bits per heavy atom. The van der Waals surface area contributed by atoms with Crippen LogP contribution in [0.2, 0.25) is 0 Å². The number of nitrogens with one attached hydrogen (secondary N) is 1. The van der Waals surface area contributed by atoms with E-state index in [4.69, 9.17) is 0 Å². The van der Waals surface area contributed by atoms with Crippen molar-refractivity contribution in [2.75, 3.05) is 11.1 Å². The van der Waals surface area contributed by atoms with E-state index in [0.717, 1.165) is 5.69 Å². The first-order valence-corrected chi connectivity index (χ1v) is 9.61. The summed E-state index contributed by atoms with van der Waals surface area (Å²) in [4.78, 5) is 24.0. The minimum Gasteiger partial charge on any atom is -0.545 e. The van der Waals surface area contributed by atoms with Crippen LogP contribution in [0.15, 0.2) is 71.9 Å². The van der Waals surface area contributed by atoms with E-state index in [1.165, 1.54) is 17.8 Å².